The lowest BCUT2D eigenvalue weighted by Gasteiger charge is -2.39. The van der Waals surface area contributed by atoms with E-state index in [9.17, 15) is 9.59 Å². The van der Waals surface area contributed by atoms with Gasteiger partial charge in [-0.3, -0.25) is 16.8 Å². The maximum absolute atomic E-state index is 15.4. The van der Waals surface area contributed by atoms with Gasteiger partial charge < -0.3 is 44.2 Å². The van der Waals surface area contributed by atoms with Gasteiger partial charge in [-0.05, 0) is 80.5 Å². The second-order valence-corrected chi connectivity index (χ2v) is 15.9. The highest BCUT2D eigenvalue weighted by Gasteiger charge is 2.38. The number of nitrogens with one attached hydrogen (secondary N) is 1. The number of benzene rings is 4. The molecule has 4 aromatic rings. The number of carbonyl (C=O) groups is 2. The normalized spacial score (nSPS) is 16.1. The molecule has 0 bridgehead atoms. The number of ether oxygens (including phenoxy) is 3. The molecular formula is C52H54F2N2O5-2. The Kier molecular flexibility index (Phi) is 17.2. The Balaban J connectivity index is 0.000000215. The molecule has 1 unspecified atom stereocenters. The first-order valence-corrected chi connectivity index (χ1v) is 20.5. The second-order valence-electron chi connectivity index (χ2n) is 15.9. The highest BCUT2D eigenvalue weighted by atomic mass is 19.1. The van der Waals surface area contributed by atoms with Gasteiger partial charge in [-0.2, -0.15) is 0 Å². The molecule has 1 N–H and O–H groups in total. The van der Waals surface area contributed by atoms with Crippen LogP contribution in [0.5, 0.6) is 0 Å². The zero-order valence-electron chi connectivity index (χ0n) is 36.4. The Morgan fingerprint density at radius 1 is 0.770 bits per heavy atom. The number of hydrogen-bond donors (Lipinski definition) is 1. The Hall–Kier alpha value is -6.05. The first kappa shape index (κ1) is 47.6. The van der Waals surface area contributed by atoms with Gasteiger partial charge >= 0.3 is 11.9 Å². The summed E-state index contributed by atoms with van der Waals surface area (Å²) in [7, 11) is 0. The van der Waals surface area contributed by atoms with Crippen molar-refractivity contribution in [3.8, 4) is 23.7 Å². The van der Waals surface area contributed by atoms with Crippen molar-refractivity contribution in [2.45, 2.75) is 85.1 Å². The van der Waals surface area contributed by atoms with E-state index in [1.807, 2.05) is 88.4 Å². The summed E-state index contributed by atoms with van der Waals surface area (Å²) in [5.74, 6) is 5.39. The fourth-order valence-corrected chi connectivity index (χ4v) is 7.37. The van der Waals surface area contributed by atoms with Crippen molar-refractivity contribution in [3.63, 3.8) is 0 Å². The summed E-state index contributed by atoms with van der Waals surface area (Å²) in [5, 5.41) is 3.47. The minimum absolute atomic E-state index is 0.00122. The molecule has 0 saturated carbocycles. The number of nitrogens with zero attached hydrogens (tertiary/aromatic N) is 1. The molecule has 0 radical (unpaired) electrons. The number of fused-ring (bicyclic) bond motifs is 2. The van der Waals surface area contributed by atoms with Crippen LogP contribution in [0.15, 0.2) is 77.8 Å². The van der Waals surface area contributed by atoms with Crippen LogP contribution in [0.4, 0.5) is 8.78 Å². The highest BCUT2D eigenvalue weighted by molar-refractivity contribution is 6.16. The zero-order valence-corrected chi connectivity index (χ0v) is 36.4. The van der Waals surface area contributed by atoms with Crippen LogP contribution in [0.3, 0.4) is 0 Å². The molecule has 0 aliphatic carbocycles. The van der Waals surface area contributed by atoms with Crippen molar-refractivity contribution in [2.75, 3.05) is 39.5 Å². The van der Waals surface area contributed by atoms with Crippen LogP contribution in [-0.4, -0.2) is 57.2 Å². The molecular weight excluding hydrogens is 771 g/mol. The van der Waals surface area contributed by atoms with Gasteiger partial charge in [0.15, 0.2) is 0 Å². The summed E-state index contributed by atoms with van der Waals surface area (Å²) < 4.78 is 45.7. The molecule has 0 spiro atoms. The zero-order chi connectivity index (χ0) is 44.7. The van der Waals surface area contributed by atoms with Crippen LogP contribution in [0, 0.1) is 62.0 Å². The molecule has 3 aliphatic rings. The topological polar surface area (TPSA) is 86.2 Å². The standard InChI is InChI=1S/C21H24FNO2.C21H22FNO2.C6.C4H8O/c2*1-5-25-20(24)15-10-11-16-17(18(15)22)19(23-12-21(16,3)4)14-9-7-6-8-13(14)2;1-3-5-6-4-2;1-2-4-5-3-1/h6-11,19,23H,5,12H2,1-4H3;6-11H,5,12H2,1-4H3;;1-4H2/q;;-2;. The number of hydrogen-bond acceptors (Lipinski definition) is 7. The lowest BCUT2D eigenvalue weighted by atomic mass is 9.74. The monoisotopic (exact) mass is 824 g/mol. The van der Waals surface area contributed by atoms with Crippen LogP contribution in [0.2, 0.25) is 0 Å². The third-order valence-electron chi connectivity index (χ3n) is 10.6. The second kappa shape index (κ2) is 22.0. The van der Waals surface area contributed by atoms with Crippen molar-refractivity contribution in [1.82, 2.24) is 5.32 Å². The van der Waals surface area contributed by atoms with E-state index in [1.54, 1.807) is 31.8 Å². The van der Waals surface area contributed by atoms with Crippen LogP contribution in [-0.2, 0) is 25.0 Å². The molecule has 3 heterocycles. The lowest BCUT2D eigenvalue weighted by molar-refractivity contribution is 0.0510. The molecule has 1 fully saturated rings. The van der Waals surface area contributed by atoms with Crippen molar-refractivity contribution < 1.29 is 32.6 Å². The van der Waals surface area contributed by atoms with Crippen LogP contribution in [0.1, 0.15) is 126 Å². The molecule has 0 amide bonds. The molecule has 1 saturated heterocycles. The van der Waals surface area contributed by atoms with Crippen LogP contribution in [0.25, 0.3) is 0 Å². The SMILES string of the molecule is C1CCOC1.CCOC(=O)c1ccc2c(c1F)C(c1ccccc1C)=NCC2(C)C.CCOC(=O)c1ccc2c(c1F)C(c1ccccc1C)NCC2(C)C.[C-]#CC#CC#[C-]. The van der Waals surface area contributed by atoms with E-state index in [0.717, 1.165) is 53.1 Å². The van der Waals surface area contributed by atoms with Gasteiger partial charge in [0.1, 0.15) is 11.6 Å². The maximum atomic E-state index is 15.4. The number of carbonyl (C=O) groups excluding carboxylic acids is 2. The van der Waals surface area contributed by atoms with Gasteiger partial charge in [0, 0.05) is 53.8 Å². The third-order valence-corrected chi connectivity index (χ3v) is 10.6. The number of esters is 2. The van der Waals surface area contributed by atoms with E-state index < -0.39 is 23.6 Å². The number of rotatable bonds is 6. The molecule has 0 aromatic heterocycles. The molecule has 3 aliphatic heterocycles. The van der Waals surface area contributed by atoms with Gasteiger partial charge in [0.05, 0.1) is 36.1 Å². The summed E-state index contributed by atoms with van der Waals surface area (Å²) in [5.41, 5.74) is 6.84. The van der Waals surface area contributed by atoms with E-state index in [2.05, 4.69) is 36.0 Å². The van der Waals surface area contributed by atoms with E-state index in [1.165, 1.54) is 18.9 Å². The van der Waals surface area contributed by atoms with Crippen LogP contribution < -0.4 is 5.32 Å². The molecule has 4 aromatic carbocycles. The van der Waals surface area contributed by atoms with Gasteiger partial charge in [-0.1, -0.05) is 88.4 Å². The first-order valence-electron chi connectivity index (χ1n) is 20.5. The molecule has 7 nitrogen and oxygen atoms in total. The summed E-state index contributed by atoms with van der Waals surface area (Å²) in [6.45, 7) is 19.4. The lowest BCUT2D eigenvalue weighted by Crippen LogP contribution is -2.43. The van der Waals surface area contributed by atoms with E-state index in [-0.39, 0.29) is 41.2 Å². The number of aryl methyl sites for hydroxylation is 2. The van der Waals surface area contributed by atoms with Crippen molar-refractivity contribution in [2.24, 2.45) is 4.99 Å². The maximum Gasteiger partial charge on any atom is 0.341 e. The minimum atomic E-state index is -0.643. The summed E-state index contributed by atoms with van der Waals surface area (Å²) >= 11 is 0. The average molecular weight is 825 g/mol. The first-order chi connectivity index (χ1) is 29.1. The number of halogens is 2. The Morgan fingerprint density at radius 3 is 1.84 bits per heavy atom. The van der Waals surface area contributed by atoms with Gasteiger partial charge in [-0.25, -0.2) is 18.4 Å². The van der Waals surface area contributed by atoms with Gasteiger partial charge in [0.2, 0.25) is 0 Å². The third kappa shape index (κ3) is 11.6. The predicted octanol–water partition coefficient (Wildman–Crippen LogP) is 9.69. The fourth-order valence-electron chi connectivity index (χ4n) is 7.37. The molecule has 318 valence electrons. The predicted molar refractivity (Wildman–Crippen MR) is 236 cm³/mol. The molecule has 7 rings (SSSR count). The smallest absolute Gasteiger partial charge is 0.341 e. The average Bonchev–Trinajstić information content (AvgIpc) is 3.83. The van der Waals surface area contributed by atoms with E-state index in [0.29, 0.717) is 23.4 Å². The highest BCUT2D eigenvalue weighted by Crippen LogP contribution is 2.41. The van der Waals surface area contributed by atoms with Crippen molar-refractivity contribution >= 4 is 17.7 Å². The van der Waals surface area contributed by atoms with E-state index >= 15 is 8.78 Å². The van der Waals surface area contributed by atoms with E-state index in [4.69, 9.17) is 27.1 Å². The largest absolute Gasteiger partial charge is 0.462 e. The quantitative estimate of drug-likeness (QED) is 0.119. The van der Waals surface area contributed by atoms with Crippen molar-refractivity contribution in [1.29, 1.82) is 0 Å². The molecule has 1 atom stereocenters. The van der Waals surface area contributed by atoms with Crippen LogP contribution >= 0.6 is 0 Å². The fraction of sp³-hybridized carbons (Fsp3) is 0.365. The Morgan fingerprint density at radius 2 is 1.31 bits per heavy atom. The Labute approximate surface area is 360 Å². The van der Waals surface area contributed by atoms with Gasteiger partial charge in [-0.15, -0.1) is 0 Å². The molecule has 9 heteroatoms. The Bertz CT molecular complexity index is 2360. The number of aliphatic imine (C=N–C) groups is 1. The summed E-state index contributed by atoms with van der Waals surface area (Å²) in [6.07, 6.45) is 14.9. The van der Waals surface area contributed by atoms with Gasteiger partial charge in [0.25, 0.3) is 0 Å². The summed E-state index contributed by atoms with van der Waals surface area (Å²) in [6, 6.07) is 22.2. The van der Waals surface area contributed by atoms with Crippen molar-refractivity contribution in [3.05, 3.63) is 153 Å². The minimum Gasteiger partial charge on any atom is -0.462 e. The summed E-state index contributed by atoms with van der Waals surface area (Å²) in [4.78, 5) is 28.9. The molecule has 61 heavy (non-hydrogen) atoms.